The van der Waals surface area contributed by atoms with Crippen LogP contribution in [0.25, 0.3) is 0 Å². The fourth-order valence-corrected chi connectivity index (χ4v) is 2.41. The van der Waals surface area contributed by atoms with Crippen molar-refractivity contribution in [2.45, 2.75) is 25.3 Å². The van der Waals surface area contributed by atoms with Crippen LogP contribution in [0.5, 0.6) is 5.75 Å². The van der Waals surface area contributed by atoms with Gasteiger partial charge in [-0.3, -0.25) is 4.79 Å². The summed E-state index contributed by atoms with van der Waals surface area (Å²) < 4.78 is 5.14. The lowest BCUT2D eigenvalue weighted by atomic mass is 9.94. The number of hydrogen-bond acceptors (Lipinski definition) is 4. The lowest BCUT2D eigenvalue weighted by Gasteiger charge is -2.28. The third-order valence-electron chi connectivity index (χ3n) is 3.79. The lowest BCUT2D eigenvalue weighted by Crippen LogP contribution is -2.49. The predicted molar refractivity (Wildman–Crippen MR) is 75.4 cm³/mol. The summed E-state index contributed by atoms with van der Waals surface area (Å²) in [6.07, 6.45) is 1.87. The standard InChI is InChI=1S/C14H21N3O2/c1-3-14(6-7-16-9-14)17-13(18)10-4-5-11(15)12(8-10)19-2/h4-5,8,16H,3,6-7,9,15H2,1-2H3,(H,17,18)/t14-/m1/s1. The molecule has 5 nitrogen and oxygen atoms in total. The van der Waals surface area contributed by atoms with Crippen molar-refractivity contribution in [3.63, 3.8) is 0 Å². The van der Waals surface area contributed by atoms with Crippen molar-refractivity contribution in [2.75, 3.05) is 25.9 Å². The van der Waals surface area contributed by atoms with Crippen LogP contribution in [0, 0.1) is 0 Å². The van der Waals surface area contributed by atoms with E-state index in [1.54, 1.807) is 25.3 Å². The zero-order valence-corrected chi connectivity index (χ0v) is 11.5. The number of benzene rings is 1. The van der Waals surface area contributed by atoms with Crippen LogP contribution in [0.4, 0.5) is 5.69 Å². The van der Waals surface area contributed by atoms with Crippen LogP contribution in [-0.2, 0) is 0 Å². The zero-order chi connectivity index (χ0) is 13.9. The summed E-state index contributed by atoms with van der Waals surface area (Å²) in [4.78, 5) is 12.3. The Kier molecular flexibility index (Phi) is 3.95. The van der Waals surface area contributed by atoms with Crippen molar-refractivity contribution in [1.29, 1.82) is 0 Å². The van der Waals surface area contributed by atoms with E-state index in [9.17, 15) is 4.79 Å². The van der Waals surface area contributed by atoms with Crippen molar-refractivity contribution in [3.8, 4) is 5.75 Å². The molecule has 1 saturated heterocycles. The Hall–Kier alpha value is -1.75. The Bertz CT molecular complexity index is 468. The number of ether oxygens (including phenoxy) is 1. The molecule has 1 fully saturated rings. The minimum Gasteiger partial charge on any atom is -0.495 e. The van der Waals surface area contributed by atoms with Gasteiger partial charge in [0.15, 0.2) is 0 Å². The molecule has 104 valence electrons. The topological polar surface area (TPSA) is 76.4 Å². The Balaban J connectivity index is 2.15. The number of nitrogens with two attached hydrogens (primary N) is 1. The van der Waals surface area contributed by atoms with Gasteiger partial charge < -0.3 is 21.1 Å². The van der Waals surface area contributed by atoms with Crippen LogP contribution in [-0.4, -0.2) is 31.6 Å². The van der Waals surface area contributed by atoms with E-state index in [1.807, 2.05) is 0 Å². The molecule has 0 radical (unpaired) electrons. The molecule has 0 bridgehead atoms. The van der Waals surface area contributed by atoms with Crippen LogP contribution < -0.4 is 21.1 Å². The summed E-state index contributed by atoms with van der Waals surface area (Å²) in [6, 6.07) is 5.09. The number of carbonyl (C=O) groups excluding carboxylic acids is 1. The molecule has 1 aliphatic rings. The maximum absolute atomic E-state index is 12.3. The van der Waals surface area contributed by atoms with Crippen molar-refractivity contribution < 1.29 is 9.53 Å². The molecule has 1 amide bonds. The van der Waals surface area contributed by atoms with Gasteiger partial charge in [-0.05, 0) is 37.6 Å². The predicted octanol–water partition coefficient (Wildman–Crippen LogP) is 1.15. The van der Waals surface area contributed by atoms with Gasteiger partial charge in [-0.25, -0.2) is 0 Å². The highest BCUT2D eigenvalue weighted by molar-refractivity contribution is 5.95. The van der Waals surface area contributed by atoms with Gasteiger partial charge in [0.25, 0.3) is 5.91 Å². The average molecular weight is 263 g/mol. The highest BCUT2D eigenvalue weighted by Crippen LogP contribution is 2.24. The van der Waals surface area contributed by atoms with Crippen LogP contribution >= 0.6 is 0 Å². The van der Waals surface area contributed by atoms with Gasteiger partial charge >= 0.3 is 0 Å². The molecule has 0 unspecified atom stereocenters. The monoisotopic (exact) mass is 263 g/mol. The first-order chi connectivity index (χ1) is 9.10. The lowest BCUT2D eigenvalue weighted by molar-refractivity contribution is 0.0903. The summed E-state index contributed by atoms with van der Waals surface area (Å²) in [6.45, 7) is 3.86. The number of methoxy groups -OCH3 is 1. The van der Waals surface area contributed by atoms with E-state index in [1.165, 1.54) is 0 Å². The third kappa shape index (κ3) is 2.81. The molecule has 1 heterocycles. The van der Waals surface area contributed by atoms with E-state index in [0.717, 1.165) is 25.9 Å². The van der Waals surface area contributed by atoms with Gasteiger partial charge in [0.05, 0.1) is 18.3 Å². The summed E-state index contributed by atoms with van der Waals surface area (Å²) in [5, 5.41) is 6.42. The molecule has 1 atom stereocenters. The number of anilines is 1. The third-order valence-corrected chi connectivity index (χ3v) is 3.79. The molecule has 1 aromatic rings. The van der Waals surface area contributed by atoms with Crippen molar-refractivity contribution in [2.24, 2.45) is 0 Å². The number of rotatable bonds is 4. The summed E-state index contributed by atoms with van der Waals surface area (Å²) >= 11 is 0. The van der Waals surface area contributed by atoms with Crippen molar-refractivity contribution >= 4 is 11.6 Å². The van der Waals surface area contributed by atoms with E-state index in [-0.39, 0.29) is 11.4 Å². The molecular weight excluding hydrogens is 242 g/mol. The van der Waals surface area contributed by atoms with Crippen LogP contribution in [0.15, 0.2) is 18.2 Å². The van der Waals surface area contributed by atoms with E-state index >= 15 is 0 Å². The molecule has 5 heteroatoms. The normalized spacial score (nSPS) is 22.2. The minimum atomic E-state index is -0.133. The maximum atomic E-state index is 12.3. The largest absolute Gasteiger partial charge is 0.495 e. The van der Waals surface area contributed by atoms with Gasteiger partial charge in [0, 0.05) is 12.1 Å². The highest BCUT2D eigenvalue weighted by Gasteiger charge is 2.33. The molecule has 0 aliphatic carbocycles. The highest BCUT2D eigenvalue weighted by atomic mass is 16.5. The first-order valence-corrected chi connectivity index (χ1v) is 6.57. The van der Waals surface area contributed by atoms with Gasteiger partial charge in [0.2, 0.25) is 0 Å². The van der Waals surface area contributed by atoms with E-state index in [0.29, 0.717) is 17.0 Å². The van der Waals surface area contributed by atoms with Crippen molar-refractivity contribution in [3.05, 3.63) is 23.8 Å². The Morgan fingerprint density at radius 3 is 2.95 bits per heavy atom. The number of hydrogen-bond donors (Lipinski definition) is 3. The Morgan fingerprint density at radius 2 is 2.37 bits per heavy atom. The number of nitrogens with one attached hydrogen (secondary N) is 2. The SMILES string of the molecule is CC[C@@]1(NC(=O)c2ccc(N)c(OC)c2)CCNC1. The van der Waals surface area contributed by atoms with Gasteiger partial charge in [-0.1, -0.05) is 6.92 Å². The van der Waals surface area contributed by atoms with Crippen LogP contribution in [0.1, 0.15) is 30.1 Å². The fraction of sp³-hybridized carbons (Fsp3) is 0.500. The maximum Gasteiger partial charge on any atom is 0.251 e. The zero-order valence-electron chi connectivity index (χ0n) is 11.5. The summed E-state index contributed by atoms with van der Waals surface area (Å²) in [5.41, 5.74) is 6.72. The fourth-order valence-electron chi connectivity index (χ4n) is 2.41. The van der Waals surface area contributed by atoms with Crippen LogP contribution in [0.3, 0.4) is 0 Å². The molecule has 0 aromatic heterocycles. The second kappa shape index (κ2) is 5.48. The first kappa shape index (κ1) is 13.7. The quantitative estimate of drug-likeness (QED) is 0.712. The molecule has 1 aromatic carbocycles. The van der Waals surface area contributed by atoms with Crippen LogP contribution in [0.2, 0.25) is 0 Å². The molecule has 1 aliphatic heterocycles. The first-order valence-electron chi connectivity index (χ1n) is 6.57. The smallest absolute Gasteiger partial charge is 0.251 e. The number of amides is 1. The Labute approximate surface area is 113 Å². The van der Waals surface area contributed by atoms with Gasteiger partial charge in [0.1, 0.15) is 5.75 Å². The van der Waals surface area contributed by atoms with E-state index in [2.05, 4.69) is 17.6 Å². The second-order valence-electron chi connectivity index (χ2n) is 4.97. The second-order valence-corrected chi connectivity index (χ2v) is 4.97. The van der Waals surface area contributed by atoms with Crippen molar-refractivity contribution in [1.82, 2.24) is 10.6 Å². The van der Waals surface area contributed by atoms with Gasteiger partial charge in [-0.2, -0.15) is 0 Å². The Morgan fingerprint density at radius 1 is 1.58 bits per heavy atom. The number of carbonyl (C=O) groups is 1. The van der Waals surface area contributed by atoms with E-state index in [4.69, 9.17) is 10.5 Å². The summed E-state index contributed by atoms with van der Waals surface area (Å²) in [7, 11) is 1.54. The minimum absolute atomic E-state index is 0.0798. The molecule has 4 N–H and O–H groups in total. The van der Waals surface area contributed by atoms with Gasteiger partial charge in [-0.15, -0.1) is 0 Å². The molecule has 2 rings (SSSR count). The summed E-state index contributed by atoms with van der Waals surface area (Å²) in [5.74, 6) is 0.451. The van der Waals surface area contributed by atoms with E-state index < -0.39 is 0 Å². The molecule has 19 heavy (non-hydrogen) atoms. The number of nitrogen functional groups attached to an aromatic ring is 1. The molecular formula is C14H21N3O2. The molecule has 0 saturated carbocycles. The average Bonchev–Trinajstić information content (AvgIpc) is 2.88. The molecule has 0 spiro atoms.